The van der Waals surface area contributed by atoms with Crippen LogP contribution in [-0.2, 0) is 11.2 Å². The summed E-state index contributed by atoms with van der Waals surface area (Å²) >= 11 is 0. The van der Waals surface area contributed by atoms with E-state index in [0.717, 1.165) is 12.0 Å². The Kier molecular flexibility index (Phi) is 6.08. The molecule has 3 atom stereocenters. The number of aromatic nitrogens is 2. The van der Waals surface area contributed by atoms with Gasteiger partial charge >= 0.3 is 5.69 Å². The molecule has 1 aliphatic rings. The third-order valence-electron chi connectivity index (χ3n) is 4.58. The third-order valence-corrected chi connectivity index (χ3v) is 4.58. The summed E-state index contributed by atoms with van der Waals surface area (Å²) in [5.41, 5.74) is 10.2. The van der Waals surface area contributed by atoms with Crippen LogP contribution >= 0.6 is 0 Å². The van der Waals surface area contributed by atoms with Crippen LogP contribution in [0.2, 0.25) is 0 Å². The molecule has 142 valence electrons. The lowest BCUT2D eigenvalue weighted by Gasteiger charge is -2.17. The molecule has 0 bridgehead atoms. The number of nitrogens with zero attached hydrogens (tertiary/aromatic N) is 5. The van der Waals surface area contributed by atoms with Crippen molar-refractivity contribution < 1.29 is 9.84 Å². The molecule has 0 amide bonds. The SMILES string of the molecule is Cc1cn([C@@H]2C[C@@H](N=[N+]=[N-])[C@@H](CO)O2)c(=O)nc1NCCc1ccccc1. The molecule has 1 aliphatic heterocycles. The van der Waals surface area contributed by atoms with Gasteiger partial charge in [0.1, 0.15) is 12.0 Å². The van der Waals surface area contributed by atoms with Gasteiger partial charge in [-0.25, -0.2) is 4.79 Å². The van der Waals surface area contributed by atoms with Crippen molar-refractivity contribution in [3.8, 4) is 0 Å². The van der Waals surface area contributed by atoms with Crippen molar-refractivity contribution in [2.75, 3.05) is 18.5 Å². The zero-order valence-electron chi connectivity index (χ0n) is 15.0. The Balaban J connectivity index is 1.69. The van der Waals surface area contributed by atoms with Crippen molar-refractivity contribution >= 4 is 5.82 Å². The fourth-order valence-corrected chi connectivity index (χ4v) is 3.16. The van der Waals surface area contributed by atoms with Gasteiger partial charge in [0.25, 0.3) is 0 Å². The Labute approximate surface area is 156 Å². The minimum absolute atomic E-state index is 0.277. The molecule has 1 saturated heterocycles. The van der Waals surface area contributed by atoms with Crippen molar-refractivity contribution in [3.05, 3.63) is 68.6 Å². The molecule has 0 saturated carbocycles. The van der Waals surface area contributed by atoms with E-state index in [-0.39, 0.29) is 6.61 Å². The Morgan fingerprint density at radius 3 is 2.93 bits per heavy atom. The van der Waals surface area contributed by atoms with Gasteiger partial charge in [-0.3, -0.25) is 4.57 Å². The summed E-state index contributed by atoms with van der Waals surface area (Å²) in [6.45, 7) is 2.24. The summed E-state index contributed by atoms with van der Waals surface area (Å²) in [4.78, 5) is 19.3. The summed E-state index contributed by atoms with van der Waals surface area (Å²) in [6.07, 6.45) is 1.58. The van der Waals surface area contributed by atoms with Crippen molar-refractivity contribution in [1.29, 1.82) is 0 Å². The van der Waals surface area contributed by atoms with Crippen LogP contribution in [0.4, 0.5) is 5.82 Å². The first-order valence-electron chi connectivity index (χ1n) is 8.80. The second-order valence-corrected chi connectivity index (χ2v) is 6.44. The van der Waals surface area contributed by atoms with Gasteiger partial charge in [0.2, 0.25) is 0 Å². The monoisotopic (exact) mass is 370 g/mol. The van der Waals surface area contributed by atoms with Gasteiger partial charge in [-0.2, -0.15) is 4.98 Å². The molecule has 9 nitrogen and oxygen atoms in total. The number of aryl methyl sites for hydroxylation is 1. The quantitative estimate of drug-likeness (QED) is 0.439. The first kappa shape index (κ1) is 18.9. The lowest BCUT2D eigenvalue weighted by molar-refractivity contribution is -0.0270. The van der Waals surface area contributed by atoms with Gasteiger partial charge < -0.3 is 15.2 Å². The average Bonchev–Trinajstić information content (AvgIpc) is 3.08. The van der Waals surface area contributed by atoms with Crippen molar-refractivity contribution in [3.63, 3.8) is 0 Å². The number of azide groups is 1. The summed E-state index contributed by atoms with van der Waals surface area (Å²) in [7, 11) is 0. The molecule has 3 rings (SSSR count). The maximum atomic E-state index is 12.4. The van der Waals surface area contributed by atoms with E-state index < -0.39 is 24.1 Å². The topological polar surface area (TPSA) is 125 Å². The van der Waals surface area contributed by atoms with Crippen molar-refractivity contribution in [1.82, 2.24) is 9.55 Å². The summed E-state index contributed by atoms with van der Waals surface area (Å²) in [5.74, 6) is 0.537. The van der Waals surface area contributed by atoms with Crippen LogP contribution in [0, 0.1) is 6.92 Å². The molecule has 2 N–H and O–H groups in total. The van der Waals surface area contributed by atoms with E-state index in [9.17, 15) is 9.90 Å². The number of ether oxygens (including phenoxy) is 1. The molecule has 1 aromatic heterocycles. The highest BCUT2D eigenvalue weighted by molar-refractivity contribution is 5.41. The maximum Gasteiger partial charge on any atom is 0.351 e. The Hall–Kier alpha value is -2.87. The lowest BCUT2D eigenvalue weighted by Crippen LogP contribution is -2.29. The van der Waals surface area contributed by atoms with Crippen molar-refractivity contribution in [2.24, 2.45) is 5.11 Å². The molecule has 2 heterocycles. The predicted molar refractivity (Wildman–Crippen MR) is 100 cm³/mol. The standard InChI is InChI=1S/C18H22N6O3/c1-12-10-24(16-9-14(22-23-19)15(11-25)27-16)18(26)21-17(12)20-8-7-13-5-3-2-4-6-13/h2-6,10,14-16,25H,7-9,11H2,1H3,(H,20,21,26)/t14-,15-,16+/m1/s1. The van der Waals surface area contributed by atoms with E-state index in [1.165, 1.54) is 10.1 Å². The van der Waals surface area contributed by atoms with Crippen LogP contribution in [-0.4, -0.2) is 40.0 Å². The molecular weight excluding hydrogens is 348 g/mol. The van der Waals surface area contributed by atoms with Crippen LogP contribution < -0.4 is 11.0 Å². The van der Waals surface area contributed by atoms with E-state index in [1.54, 1.807) is 6.20 Å². The largest absolute Gasteiger partial charge is 0.394 e. The highest BCUT2D eigenvalue weighted by Crippen LogP contribution is 2.30. The van der Waals surface area contributed by atoms with Gasteiger partial charge in [0.05, 0.1) is 18.8 Å². The number of aliphatic hydroxyl groups is 1. The number of anilines is 1. The number of rotatable bonds is 7. The van der Waals surface area contributed by atoms with Crippen LogP contribution in [0.1, 0.15) is 23.8 Å². The maximum absolute atomic E-state index is 12.4. The van der Waals surface area contributed by atoms with Crippen LogP contribution in [0.25, 0.3) is 10.4 Å². The van der Waals surface area contributed by atoms with Crippen LogP contribution in [0.15, 0.2) is 46.4 Å². The molecule has 0 radical (unpaired) electrons. The number of benzene rings is 1. The fourth-order valence-electron chi connectivity index (χ4n) is 3.16. The first-order valence-corrected chi connectivity index (χ1v) is 8.80. The highest BCUT2D eigenvalue weighted by Gasteiger charge is 2.35. The van der Waals surface area contributed by atoms with Gasteiger partial charge in [-0.1, -0.05) is 35.4 Å². The molecule has 9 heteroatoms. The molecule has 1 aromatic carbocycles. The number of nitrogens with one attached hydrogen (secondary N) is 1. The second kappa shape index (κ2) is 8.68. The predicted octanol–water partition coefficient (Wildman–Crippen LogP) is 2.17. The van der Waals surface area contributed by atoms with E-state index >= 15 is 0 Å². The van der Waals surface area contributed by atoms with E-state index in [0.29, 0.717) is 18.8 Å². The molecule has 0 aliphatic carbocycles. The van der Waals surface area contributed by atoms with E-state index in [2.05, 4.69) is 32.5 Å². The third kappa shape index (κ3) is 4.46. The smallest absolute Gasteiger partial charge is 0.351 e. The summed E-state index contributed by atoms with van der Waals surface area (Å²) < 4.78 is 7.05. The summed E-state index contributed by atoms with van der Waals surface area (Å²) in [6, 6.07) is 9.54. The van der Waals surface area contributed by atoms with E-state index in [1.807, 2.05) is 25.1 Å². The van der Waals surface area contributed by atoms with E-state index in [4.69, 9.17) is 10.3 Å². The Bertz CT molecular complexity index is 878. The number of hydrogen-bond donors (Lipinski definition) is 2. The minimum Gasteiger partial charge on any atom is -0.394 e. The zero-order valence-corrected chi connectivity index (χ0v) is 15.0. The molecular formula is C18H22N6O3. The minimum atomic E-state index is -0.623. The zero-order chi connectivity index (χ0) is 19.2. The van der Waals surface area contributed by atoms with Crippen LogP contribution in [0.3, 0.4) is 0 Å². The summed E-state index contributed by atoms with van der Waals surface area (Å²) in [5, 5.41) is 16.2. The molecule has 2 aromatic rings. The number of aliphatic hydroxyl groups excluding tert-OH is 1. The van der Waals surface area contributed by atoms with Crippen molar-refractivity contribution in [2.45, 2.75) is 38.1 Å². The highest BCUT2D eigenvalue weighted by atomic mass is 16.5. The Morgan fingerprint density at radius 1 is 1.44 bits per heavy atom. The van der Waals surface area contributed by atoms with Crippen LogP contribution in [0.5, 0.6) is 0 Å². The first-order chi connectivity index (χ1) is 13.1. The van der Waals surface area contributed by atoms with Gasteiger partial charge in [-0.05, 0) is 24.4 Å². The normalized spacial score (nSPS) is 21.6. The number of hydrogen-bond acceptors (Lipinski definition) is 6. The fraction of sp³-hybridized carbons (Fsp3) is 0.444. The average molecular weight is 370 g/mol. The molecule has 0 unspecified atom stereocenters. The molecule has 1 fully saturated rings. The Morgan fingerprint density at radius 2 is 2.22 bits per heavy atom. The van der Waals surface area contributed by atoms with Gasteiger partial charge in [-0.15, -0.1) is 0 Å². The molecule has 0 spiro atoms. The van der Waals surface area contributed by atoms with Gasteiger partial charge in [0, 0.05) is 29.6 Å². The lowest BCUT2D eigenvalue weighted by atomic mass is 10.1. The second-order valence-electron chi connectivity index (χ2n) is 6.44. The molecule has 27 heavy (non-hydrogen) atoms. The van der Waals surface area contributed by atoms with Gasteiger partial charge in [0.15, 0.2) is 0 Å².